The minimum atomic E-state index is -0.872. The van der Waals surface area contributed by atoms with Crippen molar-refractivity contribution < 1.29 is 39.6 Å². The van der Waals surface area contributed by atoms with Gasteiger partial charge >= 0.3 is 23.9 Å². The first-order valence-corrected chi connectivity index (χ1v) is 12.4. The molecule has 0 unspecified atom stereocenters. The molecule has 0 heterocycles. The van der Waals surface area contributed by atoms with E-state index in [4.69, 9.17) is 20.4 Å². The van der Waals surface area contributed by atoms with Crippen LogP contribution in [0, 0.1) is 0 Å². The molecule has 0 radical (unpaired) electrons. The molecule has 0 saturated carbocycles. The Morgan fingerprint density at radius 1 is 0.432 bits per heavy atom. The van der Waals surface area contributed by atoms with Crippen LogP contribution in [-0.4, -0.2) is 55.3 Å². The average molecular weight is 545 g/mol. The molecule has 0 aliphatic carbocycles. The lowest BCUT2D eigenvalue weighted by molar-refractivity contribution is -0.133. The Bertz CT molecular complexity index is 591. The van der Waals surface area contributed by atoms with Crippen molar-refractivity contribution in [3.8, 4) is 0 Å². The van der Waals surface area contributed by atoms with E-state index in [0.717, 1.165) is 51.4 Å². The van der Waals surface area contributed by atoms with Crippen molar-refractivity contribution in [1.82, 2.24) is 0 Å². The lowest BCUT2D eigenvalue weighted by atomic mass is 10.1. The third-order valence-electron chi connectivity index (χ3n) is 4.54. The fraction of sp³-hybridized carbons (Fsp3) is 0.571. The molecule has 0 rings (SSSR count). The smallest absolute Gasteiger partial charge is 0.330 e. The second-order valence-corrected chi connectivity index (χ2v) is 8.05. The summed E-state index contributed by atoms with van der Waals surface area (Å²) in [6.07, 6.45) is 10.2. The summed E-state index contributed by atoms with van der Waals surface area (Å²) in [5, 5.41) is 33.2. The molecule has 0 saturated heterocycles. The Balaban J connectivity index is -0.000000122. The van der Waals surface area contributed by atoms with E-state index in [0.29, 0.717) is 48.0 Å². The number of hydrogen-bond acceptors (Lipinski definition) is 4. The first kappa shape index (κ1) is 44.1. The third kappa shape index (κ3) is 37.8. The van der Waals surface area contributed by atoms with Crippen molar-refractivity contribution in [2.75, 3.05) is 0 Å². The van der Waals surface area contributed by atoms with Gasteiger partial charge in [-0.1, -0.05) is 79.7 Å². The molecule has 0 aromatic heterocycles. The topological polar surface area (TPSA) is 149 Å². The lowest BCUT2D eigenvalue weighted by Crippen LogP contribution is -1.97. The van der Waals surface area contributed by atoms with Crippen LogP contribution in [0.4, 0.5) is 0 Å². The van der Waals surface area contributed by atoms with E-state index in [2.05, 4.69) is 26.3 Å². The van der Waals surface area contributed by atoms with E-state index in [9.17, 15) is 19.2 Å². The van der Waals surface area contributed by atoms with Gasteiger partial charge in [0.2, 0.25) is 0 Å². The first-order chi connectivity index (χ1) is 16.7. The van der Waals surface area contributed by atoms with Gasteiger partial charge in [0.25, 0.3) is 0 Å². The van der Waals surface area contributed by atoms with Crippen molar-refractivity contribution in [2.24, 2.45) is 0 Å². The molecule has 0 aliphatic rings. The van der Waals surface area contributed by atoms with E-state index in [1.807, 2.05) is 27.7 Å². The molecule has 0 bridgehead atoms. The second kappa shape index (κ2) is 31.1. The molecule has 216 valence electrons. The zero-order valence-corrected chi connectivity index (χ0v) is 22.7. The van der Waals surface area contributed by atoms with E-state index in [-0.39, 0.29) is 11.0 Å². The van der Waals surface area contributed by atoms with Crippen molar-refractivity contribution in [2.45, 2.75) is 105 Å². The number of aliphatic carboxylic acids is 4. The summed E-state index contributed by atoms with van der Waals surface area (Å²) in [6.45, 7) is 21.7. The number of carboxylic acids is 4. The van der Waals surface area contributed by atoms with Gasteiger partial charge in [-0.15, -0.1) is 0 Å². The SMILES string of the molecule is C=C(CCCC)C(=O)O.C=C(CCCC)C(=O)O.C=C(CCCC)C(=O)O.C=C(CCCC)C(=O)O.[SiH4]. The number of carbonyl (C=O) groups is 4. The summed E-state index contributed by atoms with van der Waals surface area (Å²) in [5.74, 6) is -3.49. The van der Waals surface area contributed by atoms with E-state index < -0.39 is 23.9 Å². The normalized spacial score (nSPS) is 8.76. The summed E-state index contributed by atoms with van der Waals surface area (Å²) in [7, 11) is 0. The molecule has 0 atom stereocenters. The third-order valence-corrected chi connectivity index (χ3v) is 4.54. The molecule has 0 amide bonds. The Morgan fingerprint density at radius 2 is 0.568 bits per heavy atom. The minimum absolute atomic E-state index is 0. The maximum Gasteiger partial charge on any atom is 0.330 e. The Morgan fingerprint density at radius 3 is 0.649 bits per heavy atom. The Hall–Kier alpha value is -2.94. The summed E-state index contributed by atoms with van der Waals surface area (Å²) >= 11 is 0. The van der Waals surface area contributed by atoms with Crippen molar-refractivity contribution >= 4 is 34.8 Å². The molecule has 0 aromatic rings. The molecular formula is C28H52O8Si. The van der Waals surface area contributed by atoms with Crippen LogP contribution in [0.3, 0.4) is 0 Å². The largest absolute Gasteiger partial charge is 0.478 e. The molecule has 0 aliphatic heterocycles. The number of rotatable bonds is 16. The molecule has 4 N–H and O–H groups in total. The monoisotopic (exact) mass is 544 g/mol. The highest BCUT2D eigenvalue weighted by atomic mass is 28.1. The molecule has 8 nitrogen and oxygen atoms in total. The molecular weight excluding hydrogens is 492 g/mol. The zero-order chi connectivity index (χ0) is 29.1. The first-order valence-electron chi connectivity index (χ1n) is 12.4. The molecule has 9 heteroatoms. The maximum absolute atomic E-state index is 10.1. The maximum atomic E-state index is 10.1. The molecule has 37 heavy (non-hydrogen) atoms. The average Bonchev–Trinajstić information content (AvgIpc) is 2.83. The van der Waals surface area contributed by atoms with Gasteiger partial charge < -0.3 is 20.4 Å². The fourth-order valence-electron chi connectivity index (χ4n) is 1.99. The highest BCUT2D eigenvalue weighted by Gasteiger charge is 2.02. The predicted molar refractivity (Wildman–Crippen MR) is 157 cm³/mol. The van der Waals surface area contributed by atoms with Crippen molar-refractivity contribution in [1.29, 1.82) is 0 Å². The standard InChI is InChI=1S/4C7H12O2.H4Si/c4*1-3-4-5-6(2)7(8)9;/h4*2-5H2,1H3,(H,8,9);1H4. The number of carboxylic acid groups (broad SMARTS) is 4. The summed E-state index contributed by atoms with van der Waals surface area (Å²) in [5.41, 5.74) is 1.27. The van der Waals surface area contributed by atoms with Crippen molar-refractivity contribution in [3.63, 3.8) is 0 Å². The van der Waals surface area contributed by atoms with Crippen LogP contribution in [0.15, 0.2) is 48.6 Å². The number of hydrogen-bond donors (Lipinski definition) is 4. The highest BCUT2D eigenvalue weighted by Crippen LogP contribution is 2.05. The quantitative estimate of drug-likeness (QED) is 0.140. The van der Waals surface area contributed by atoms with Gasteiger partial charge in [-0.2, -0.15) is 0 Å². The summed E-state index contributed by atoms with van der Waals surface area (Å²) in [6, 6.07) is 0. The predicted octanol–water partition coefficient (Wildman–Crippen LogP) is 5.82. The van der Waals surface area contributed by atoms with Gasteiger partial charge in [0.1, 0.15) is 0 Å². The van der Waals surface area contributed by atoms with Gasteiger partial charge in [0.15, 0.2) is 0 Å². The van der Waals surface area contributed by atoms with Crippen molar-refractivity contribution in [3.05, 3.63) is 48.6 Å². The highest BCUT2D eigenvalue weighted by molar-refractivity contribution is 5.86. The molecule has 0 spiro atoms. The van der Waals surface area contributed by atoms with E-state index >= 15 is 0 Å². The Kier molecular flexibility index (Phi) is 37.0. The zero-order valence-electron chi connectivity index (χ0n) is 22.7. The lowest BCUT2D eigenvalue weighted by Gasteiger charge is -1.95. The minimum Gasteiger partial charge on any atom is -0.478 e. The van der Waals surface area contributed by atoms with Gasteiger partial charge in [0, 0.05) is 22.3 Å². The van der Waals surface area contributed by atoms with Gasteiger partial charge in [-0.05, 0) is 62.3 Å². The van der Waals surface area contributed by atoms with Crippen LogP contribution in [0.25, 0.3) is 0 Å². The Labute approximate surface area is 227 Å². The van der Waals surface area contributed by atoms with Crippen LogP contribution in [0.5, 0.6) is 0 Å². The van der Waals surface area contributed by atoms with Crippen LogP contribution >= 0.6 is 0 Å². The van der Waals surface area contributed by atoms with E-state index in [1.165, 1.54) is 0 Å². The fourth-order valence-corrected chi connectivity index (χ4v) is 1.99. The second-order valence-electron chi connectivity index (χ2n) is 8.05. The van der Waals surface area contributed by atoms with Crippen LogP contribution in [-0.2, 0) is 19.2 Å². The van der Waals surface area contributed by atoms with Crippen LogP contribution in [0.1, 0.15) is 105 Å². The number of unbranched alkanes of at least 4 members (excludes halogenated alkanes) is 4. The van der Waals surface area contributed by atoms with Crippen LogP contribution in [0.2, 0.25) is 0 Å². The van der Waals surface area contributed by atoms with Gasteiger partial charge in [-0.25, -0.2) is 19.2 Å². The van der Waals surface area contributed by atoms with Gasteiger partial charge in [0.05, 0.1) is 0 Å². The summed E-state index contributed by atoms with van der Waals surface area (Å²) < 4.78 is 0. The molecule has 0 fully saturated rings. The van der Waals surface area contributed by atoms with Gasteiger partial charge in [-0.3, -0.25) is 0 Å². The van der Waals surface area contributed by atoms with Crippen LogP contribution < -0.4 is 0 Å². The summed E-state index contributed by atoms with van der Waals surface area (Å²) in [4.78, 5) is 40.4. The van der Waals surface area contributed by atoms with E-state index in [1.54, 1.807) is 0 Å². The molecule has 0 aromatic carbocycles.